The number of hydrogen-bond acceptors (Lipinski definition) is 6. The maximum absolute atomic E-state index is 12.6. The quantitative estimate of drug-likeness (QED) is 0.770. The molecule has 1 aliphatic rings. The van der Waals surface area contributed by atoms with Crippen molar-refractivity contribution in [1.29, 1.82) is 0 Å². The predicted molar refractivity (Wildman–Crippen MR) is 109 cm³/mol. The summed E-state index contributed by atoms with van der Waals surface area (Å²) in [4.78, 5) is 29.9. The number of phenols is 1. The van der Waals surface area contributed by atoms with Crippen molar-refractivity contribution in [2.75, 3.05) is 53.5 Å². The van der Waals surface area contributed by atoms with Crippen molar-refractivity contribution in [2.45, 2.75) is 0 Å². The first-order chi connectivity index (χ1) is 13.5. The Kier molecular flexibility index (Phi) is 6.66. The van der Waals surface area contributed by atoms with Crippen molar-refractivity contribution in [3.05, 3.63) is 40.8 Å². The number of phenolic OH excluding ortho intramolecular Hbond substituents is 1. The minimum Gasteiger partial charge on any atom is -0.507 e. The molecule has 1 fully saturated rings. The molecular weight excluding hydrogens is 378 g/mol. The number of carbonyl (C=O) groups excluding carboxylic acids is 2. The van der Waals surface area contributed by atoms with E-state index >= 15 is 0 Å². The summed E-state index contributed by atoms with van der Waals surface area (Å²) in [6.45, 7) is 3.43. The van der Waals surface area contributed by atoms with Crippen molar-refractivity contribution in [3.8, 4) is 16.2 Å². The topological polar surface area (TPSA) is 82.1 Å². The van der Waals surface area contributed by atoms with Crippen LogP contribution in [0.2, 0.25) is 0 Å². The normalized spacial score (nSPS) is 14.3. The van der Waals surface area contributed by atoms with Crippen molar-refractivity contribution in [2.24, 2.45) is 0 Å². The molecule has 0 radical (unpaired) electrons. The Morgan fingerprint density at radius 1 is 1.21 bits per heavy atom. The number of amides is 2. The molecule has 0 aliphatic carbocycles. The summed E-state index contributed by atoms with van der Waals surface area (Å²) in [6, 6.07) is 8.64. The Morgan fingerprint density at radius 2 is 1.96 bits per heavy atom. The molecule has 28 heavy (non-hydrogen) atoms. The molecule has 8 heteroatoms. The van der Waals surface area contributed by atoms with E-state index in [-0.39, 0.29) is 23.1 Å². The van der Waals surface area contributed by atoms with Crippen LogP contribution < -0.4 is 5.32 Å². The number of aromatic hydroxyl groups is 1. The third-order valence-corrected chi connectivity index (χ3v) is 5.62. The summed E-state index contributed by atoms with van der Waals surface area (Å²) in [5.41, 5.74) is 1.05. The van der Waals surface area contributed by atoms with Gasteiger partial charge in [-0.25, -0.2) is 0 Å². The van der Waals surface area contributed by atoms with Crippen LogP contribution in [0.15, 0.2) is 30.3 Å². The highest BCUT2D eigenvalue weighted by Gasteiger charge is 2.21. The number of nitrogens with one attached hydrogen (secondary N) is 1. The molecule has 7 nitrogen and oxygen atoms in total. The van der Waals surface area contributed by atoms with Gasteiger partial charge >= 0.3 is 0 Å². The lowest BCUT2D eigenvalue weighted by molar-refractivity contribution is 0.0301. The van der Waals surface area contributed by atoms with Crippen LogP contribution in [-0.2, 0) is 4.74 Å². The van der Waals surface area contributed by atoms with Gasteiger partial charge in [-0.05, 0) is 43.9 Å². The zero-order valence-electron chi connectivity index (χ0n) is 16.1. The summed E-state index contributed by atoms with van der Waals surface area (Å²) < 4.78 is 5.26. The van der Waals surface area contributed by atoms with E-state index in [1.54, 1.807) is 29.2 Å². The minimum absolute atomic E-state index is 0.0561. The van der Waals surface area contributed by atoms with E-state index in [1.165, 1.54) is 11.3 Å². The summed E-state index contributed by atoms with van der Waals surface area (Å²) in [7, 11) is 3.91. The third-order valence-electron chi connectivity index (χ3n) is 4.49. The second-order valence-electron chi connectivity index (χ2n) is 6.86. The Balaban J connectivity index is 1.69. The first-order valence-electron chi connectivity index (χ1n) is 9.19. The van der Waals surface area contributed by atoms with Gasteiger partial charge in [-0.15, -0.1) is 11.3 Å². The molecule has 1 aromatic carbocycles. The lowest BCUT2D eigenvalue weighted by Gasteiger charge is -2.27. The van der Waals surface area contributed by atoms with E-state index in [2.05, 4.69) is 5.32 Å². The van der Waals surface area contributed by atoms with Crippen LogP contribution in [0.4, 0.5) is 0 Å². The number of carbonyl (C=O) groups is 2. The van der Waals surface area contributed by atoms with Crippen molar-refractivity contribution >= 4 is 23.2 Å². The fraction of sp³-hybridized carbons (Fsp3) is 0.400. The van der Waals surface area contributed by atoms with Gasteiger partial charge < -0.3 is 25.0 Å². The molecular formula is C20H25N3O4S. The second-order valence-corrected chi connectivity index (χ2v) is 7.94. The number of likely N-dealkylation sites (N-methyl/N-ethyl adjacent to an activating group) is 1. The second kappa shape index (κ2) is 9.18. The van der Waals surface area contributed by atoms with Gasteiger partial charge in [0.05, 0.1) is 23.7 Å². The van der Waals surface area contributed by atoms with Gasteiger partial charge in [-0.2, -0.15) is 0 Å². The number of thiophene rings is 1. The number of hydrogen-bond donors (Lipinski definition) is 2. The van der Waals surface area contributed by atoms with Gasteiger partial charge in [0.15, 0.2) is 0 Å². The maximum atomic E-state index is 12.6. The molecule has 0 bridgehead atoms. The summed E-state index contributed by atoms with van der Waals surface area (Å²) in [5, 5.41) is 13.3. The molecule has 1 aliphatic heterocycles. The van der Waals surface area contributed by atoms with Gasteiger partial charge in [0.1, 0.15) is 5.75 Å². The number of nitrogens with zero attached hydrogens (tertiary/aromatic N) is 2. The van der Waals surface area contributed by atoms with Crippen molar-refractivity contribution in [1.82, 2.24) is 15.1 Å². The number of benzene rings is 1. The molecule has 2 aromatic rings. The van der Waals surface area contributed by atoms with Gasteiger partial charge in [0, 0.05) is 31.1 Å². The molecule has 1 saturated heterocycles. The number of morpholine rings is 1. The van der Waals surface area contributed by atoms with Gasteiger partial charge in [-0.3, -0.25) is 9.59 Å². The Hall–Kier alpha value is -2.42. The van der Waals surface area contributed by atoms with Crippen LogP contribution >= 0.6 is 11.3 Å². The maximum Gasteiger partial charge on any atom is 0.261 e. The standard InChI is InChI=1S/C20H25N3O4S/c1-22(2)8-7-21-19(25)18-6-5-17(28-18)14-3-4-15(16(24)13-14)20(26)23-9-11-27-12-10-23/h3-6,13,24H,7-12H2,1-2H3,(H,21,25). The van der Waals surface area contributed by atoms with E-state index in [0.29, 0.717) is 37.7 Å². The fourth-order valence-corrected chi connectivity index (χ4v) is 3.82. The number of rotatable bonds is 6. The Morgan fingerprint density at radius 3 is 2.64 bits per heavy atom. The molecule has 0 atom stereocenters. The van der Waals surface area contributed by atoms with Crippen LogP contribution in [0.3, 0.4) is 0 Å². The van der Waals surface area contributed by atoms with Gasteiger partial charge in [-0.1, -0.05) is 6.07 Å². The zero-order valence-corrected chi connectivity index (χ0v) is 16.9. The molecule has 0 unspecified atom stereocenters. The highest BCUT2D eigenvalue weighted by atomic mass is 32.1. The molecule has 150 valence electrons. The molecule has 1 aromatic heterocycles. The number of ether oxygens (including phenoxy) is 1. The van der Waals surface area contributed by atoms with Crippen molar-refractivity contribution < 1.29 is 19.4 Å². The Labute approximate surface area is 168 Å². The molecule has 0 spiro atoms. The molecule has 2 amide bonds. The van der Waals surface area contributed by atoms with Crippen LogP contribution in [0.25, 0.3) is 10.4 Å². The smallest absolute Gasteiger partial charge is 0.261 e. The fourth-order valence-electron chi connectivity index (χ4n) is 2.90. The first kappa shape index (κ1) is 20.3. The SMILES string of the molecule is CN(C)CCNC(=O)c1ccc(-c2ccc(C(=O)N3CCOCC3)c(O)c2)s1. The molecule has 0 saturated carbocycles. The van der Waals surface area contributed by atoms with Crippen molar-refractivity contribution in [3.63, 3.8) is 0 Å². The molecule has 3 rings (SSSR count). The van der Waals surface area contributed by atoms with Gasteiger partial charge in [0.25, 0.3) is 11.8 Å². The average molecular weight is 404 g/mol. The minimum atomic E-state index is -0.195. The lowest BCUT2D eigenvalue weighted by atomic mass is 10.1. The first-order valence-corrected chi connectivity index (χ1v) is 10.0. The van der Waals surface area contributed by atoms with Crippen LogP contribution in [-0.4, -0.2) is 80.2 Å². The average Bonchev–Trinajstić information content (AvgIpc) is 3.18. The molecule has 2 N–H and O–H groups in total. The summed E-state index contributed by atoms with van der Waals surface area (Å²) >= 11 is 1.36. The highest BCUT2D eigenvalue weighted by Crippen LogP contribution is 2.32. The monoisotopic (exact) mass is 403 g/mol. The predicted octanol–water partition coefficient (Wildman–Crippen LogP) is 1.88. The van der Waals surface area contributed by atoms with E-state index in [0.717, 1.165) is 17.0 Å². The van der Waals surface area contributed by atoms with E-state index in [4.69, 9.17) is 4.74 Å². The molecule has 2 heterocycles. The lowest BCUT2D eigenvalue weighted by Crippen LogP contribution is -2.40. The van der Waals surface area contributed by atoms with Crippen LogP contribution in [0, 0.1) is 0 Å². The van der Waals surface area contributed by atoms with Crippen LogP contribution in [0.5, 0.6) is 5.75 Å². The highest BCUT2D eigenvalue weighted by molar-refractivity contribution is 7.17. The largest absolute Gasteiger partial charge is 0.507 e. The van der Waals surface area contributed by atoms with E-state index < -0.39 is 0 Å². The van der Waals surface area contributed by atoms with Gasteiger partial charge in [0.2, 0.25) is 0 Å². The van der Waals surface area contributed by atoms with E-state index in [1.807, 2.05) is 25.1 Å². The van der Waals surface area contributed by atoms with Crippen LogP contribution in [0.1, 0.15) is 20.0 Å². The Bertz CT molecular complexity index is 844. The summed E-state index contributed by atoms with van der Waals surface area (Å²) in [6.07, 6.45) is 0. The summed E-state index contributed by atoms with van der Waals surface area (Å²) in [5.74, 6) is -0.361. The van der Waals surface area contributed by atoms with E-state index in [9.17, 15) is 14.7 Å². The third kappa shape index (κ3) is 4.89. The zero-order chi connectivity index (χ0) is 20.1.